The minimum absolute atomic E-state index is 0.0362. The van der Waals surface area contributed by atoms with Crippen LogP contribution in [0.3, 0.4) is 0 Å². The van der Waals surface area contributed by atoms with Gasteiger partial charge in [-0.3, -0.25) is 4.79 Å². The summed E-state index contributed by atoms with van der Waals surface area (Å²) in [6.45, 7) is 2.56. The summed E-state index contributed by atoms with van der Waals surface area (Å²) in [6.07, 6.45) is 0. The predicted octanol–water partition coefficient (Wildman–Crippen LogP) is 0.126. The minimum Gasteiger partial charge on any atom is -0.480 e. The maximum atomic E-state index is 11.8. The lowest BCUT2D eigenvalue weighted by molar-refractivity contribution is -0.138. The fourth-order valence-corrected chi connectivity index (χ4v) is 2.43. The van der Waals surface area contributed by atoms with E-state index in [1.54, 1.807) is 0 Å². The van der Waals surface area contributed by atoms with E-state index in [2.05, 4.69) is 4.74 Å². The summed E-state index contributed by atoms with van der Waals surface area (Å²) in [4.78, 5) is 21.9. The molecule has 0 spiro atoms. The Bertz CT molecular complexity index is 601. The zero-order valence-corrected chi connectivity index (χ0v) is 11.3. The van der Waals surface area contributed by atoms with Crippen molar-refractivity contribution >= 4 is 22.0 Å². The second-order valence-electron chi connectivity index (χ2n) is 3.71. The molecule has 0 fully saturated rings. The van der Waals surface area contributed by atoms with E-state index < -0.39 is 33.1 Å². The summed E-state index contributed by atoms with van der Waals surface area (Å²) < 4.78 is 34.9. The number of carbonyl (C=O) groups is 2. The van der Waals surface area contributed by atoms with Gasteiger partial charge in [0.15, 0.2) is 0 Å². The van der Waals surface area contributed by atoms with Crippen LogP contribution in [0.2, 0.25) is 0 Å². The molecule has 9 heteroatoms. The van der Waals surface area contributed by atoms with E-state index in [9.17, 15) is 18.0 Å². The Hall–Kier alpha value is -1.87. The van der Waals surface area contributed by atoms with Gasteiger partial charge in [-0.2, -0.15) is 4.72 Å². The molecular weight excluding hydrogens is 278 g/mol. The molecule has 1 unspecified atom stereocenters. The topological polar surface area (TPSA) is 123 Å². The Kier molecular flexibility index (Phi) is 4.32. The highest BCUT2D eigenvalue weighted by atomic mass is 32.2. The SMILES string of the molecule is COC(=O)c1cc(S(=O)(=O)NC(C)C(=O)O)oc1C. The normalized spacial score (nSPS) is 13.0. The maximum absolute atomic E-state index is 11.8. The van der Waals surface area contributed by atoms with Gasteiger partial charge in [0.25, 0.3) is 10.0 Å². The number of hydrogen-bond acceptors (Lipinski definition) is 6. The molecule has 1 atom stereocenters. The molecule has 8 nitrogen and oxygen atoms in total. The van der Waals surface area contributed by atoms with Crippen molar-refractivity contribution in [2.24, 2.45) is 0 Å². The molecule has 1 aromatic heterocycles. The molecule has 2 N–H and O–H groups in total. The van der Waals surface area contributed by atoms with Crippen LogP contribution in [0.4, 0.5) is 0 Å². The maximum Gasteiger partial charge on any atom is 0.341 e. The molecule has 0 saturated heterocycles. The van der Waals surface area contributed by atoms with Crippen LogP contribution in [0, 0.1) is 6.92 Å². The Balaban J connectivity index is 3.10. The number of rotatable bonds is 5. The lowest BCUT2D eigenvalue weighted by Gasteiger charge is -2.07. The van der Waals surface area contributed by atoms with E-state index in [1.807, 2.05) is 4.72 Å². The number of hydrogen-bond donors (Lipinski definition) is 2. The first-order valence-corrected chi connectivity index (χ1v) is 6.61. The van der Waals surface area contributed by atoms with Crippen molar-refractivity contribution in [3.05, 3.63) is 17.4 Å². The molecule has 0 aromatic carbocycles. The highest BCUT2D eigenvalue weighted by Crippen LogP contribution is 2.20. The summed E-state index contributed by atoms with van der Waals surface area (Å²) in [5.74, 6) is -2.01. The Labute approximate surface area is 109 Å². The standard InChI is InChI=1S/C10H13NO7S/c1-5(9(12)13)11-19(15,16)8-4-7(6(2)18-8)10(14)17-3/h4-5,11H,1-3H3,(H,12,13). The number of sulfonamides is 1. The average molecular weight is 291 g/mol. The number of aryl methyl sites for hydroxylation is 1. The first kappa shape index (κ1) is 15.2. The van der Waals surface area contributed by atoms with Gasteiger partial charge in [0.2, 0.25) is 5.09 Å². The zero-order chi connectivity index (χ0) is 14.8. The zero-order valence-electron chi connectivity index (χ0n) is 10.5. The monoisotopic (exact) mass is 291 g/mol. The Morgan fingerprint density at radius 1 is 1.47 bits per heavy atom. The molecular formula is C10H13NO7S. The largest absolute Gasteiger partial charge is 0.480 e. The first-order chi connectivity index (χ1) is 8.69. The van der Waals surface area contributed by atoms with Crippen LogP contribution in [0.25, 0.3) is 0 Å². The lowest BCUT2D eigenvalue weighted by Crippen LogP contribution is -2.38. The van der Waals surface area contributed by atoms with E-state index in [1.165, 1.54) is 6.92 Å². The number of furan rings is 1. The second kappa shape index (κ2) is 5.41. The van der Waals surface area contributed by atoms with Gasteiger partial charge >= 0.3 is 11.9 Å². The third-order valence-corrected chi connectivity index (χ3v) is 3.66. The molecule has 1 aromatic rings. The number of methoxy groups -OCH3 is 1. The van der Waals surface area contributed by atoms with Crippen molar-refractivity contribution in [1.82, 2.24) is 4.72 Å². The average Bonchev–Trinajstić information content (AvgIpc) is 2.70. The Morgan fingerprint density at radius 3 is 2.53 bits per heavy atom. The third-order valence-electron chi connectivity index (χ3n) is 2.27. The molecule has 0 aliphatic rings. The number of esters is 1. The third kappa shape index (κ3) is 3.32. The molecule has 0 radical (unpaired) electrons. The summed E-state index contributed by atoms with van der Waals surface area (Å²) in [5, 5.41) is 8.10. The molecule has 0 aliphatic carbocycles. The van der Waals surface area contributed by atoms with Crippen LogP contribution >= 0.6 is 0 Å². The molecule has 0 bridgehead atoms. The predicted molar refractivity (Wildman–Crippen MR) is 62.2 cm³/mol. The van der Waals surface area contributed by atoms with Gasteiger partial charge in [0, 0.05) is 6.07 Å². The van der Waals surface area contributed by atoms with Crippen LogP contribution in [0.5, 0.6) is 0 Å². The molecule has 19 heavy (non-hydrogen) atoms. The van der Waals surface area contributed by atoms with Gasteiger partial charge in [-0.1, -0.05) is 0 Å². The van der Waals surface area contributed by atoms with E-state index in [-0.39, 0.29) is 11.3 Å². The highest BCUT2D eigenvalue weighted by molar-refractivity contribution is 7.89. The molecule has 1 heterocycles. The quantitative estimate of drug-likeness (QED) is 0.739. The van der Waals surface area contributed by atoms with Crippen molar-refractivity contribution < 1.29 is 32.3 Å². The van der Waals surface area contributed by atoms with Crippen molar-refractivity contribution in [1.29, 1.82) is 0 Å². The number of nitrogens with one attached hydrogen (secondary N) is 1. The van der Waals surface area contributed by atoms with Crippen LogP contribution in [-0.4, -0.2) is 38.6 Å². The van der Waals surface area contributed by atoms with Gasteiger partial charge in [-0.15, -0.1) is 0 Å². The van der Waals surface area contributed by atoms with Crippen LogP contribution in [0.1, 0.15) is 23.0 Å². The second-order valence-corrected chi connectivity index (χ2v) is 5.35. The molecule has 0 amide bonds. The van der Waals surface area contributed by atoms with Crippen molar-refractivity contribution in [3.63, 3.8) is 0 Å². The van der Waals surface area contributed by atoms with Crippen LogP contribution < -0.4 is 4.72 Å². The fraction of sp³-hybridized carbons (Fsp3) is 0.400. The van der Waals surface area contributed by atoms with Gasteiger partial charge in [-0.05, 0) is 13.8 Å². The van der Waals surface area contributed by atoms with E-state index in [0.29, 0.717) is 0 Å². The smallest absolute Gasteiger partial charge is 0.341 e. The number of ether oxygens (including phenoxy) is 1. The fourth-order valence-electron chi connectivity index (χ4n) is 1.24. The van der Waals surface area contributed by atoms with Crippen LogP contribution in [0.15, 0.2) is 15.6 Å². The van der Waals surface area contributed by atoms with Crippen LogP contribution in [-0.2, 0) is 19.6 Å². The summed E-state index contributed by atoms with van der Waals surface area (Å²) in [7, 11) is -3.01. The van der Waals surface area contributed by atoms with E-state index in [4.69, 9.17) is 9.52 Å². The van der Waals surface area contributed by atoms with Crippen molar-refractivity contribution in [3.8, 4) is 0 Å². The Morgan fingerprint density at radius 2 is 2.05 bits per heavy atom. The van der Waals surface area contributed by atoms with Gasteiger partial charge in [0.05, 0.1) is 7.11 Å². The van der Waals surface area contributed by atoms with Crippen molar-refractivity contribution in [2.75, 3.05) is 7.11 Å². The van der Waals surface area contributed by atoms with E-state index in [0.717, 1.165) is 20.1 Å². The first-order valence-electron chi connectivity index (χ1n) is 5.13. The highest BCUT2D eigenvalue weighted by Gasteiger charge is 2.27. The van der Waals surface area contributed by atoms with Gasteiger partial charge in [-0.25, -0.2) is 13.2 Å². The number of aliphatic carboxylic acids is 1. The molecule has 1 rings (SSSR count). The van der Waals surface area contributed by atoms with Crippen molar-refractivity contribution in [2.45, 2.75) is 25.0 Å². The van der Waals surface area contributed by atoms with E-state index >= 15 is 0 Å². The van der Waals surface area contributed by atoms with Gasteiger partial charge in [0.1, 0.15) is 17.4 Å². The summed E-state index contributed by atoms with van der Waals surface area (Å²) in [6, 6.07) is -0.338. The number of carboxylic acid groups (broad SMARTS) is 1. The lowest BCUT2D eigenvalue weighted by atomic mass is 10.3. The molecule has 0 aliphatic heterocycles. The summed E-state index contributed by atoms with van der Waals surface area (Å²) >= 11 is 0. The van der Waals surface area contributed by atoms with Gasteiger partial charge < -0.3 is 14.3 Å². The summed E-state index contributed by atoms with van der Waals surface area (Å²) in [5.41, 5.74) is -0.0362. The molecule has 0 saturated carbocycles. The molecule has 106 valence electrons. The number of carboxylic acids is 1. The number of carbonyl (C=O) groups excluding carboxylic acids is 1. The minimum atomic E-state index is -4.15.